The number of carbonyl (C=O) groups is 1. The van der Waals surface area contributed by atoms with Gasteiger partial charge in [0.1, 0.15) is 11.4 Å². The number of likely N-dealkylation sites (N-methyl/N-ethyl adjacent to an activating group) is 1. The minimum absolute atomic E-state index is 0.151. The molecule has 3 rings (SSSR count). The number of nitrogens with zero attached hydrogens (tertiary/aromatic N) is 4. The van der Waals surface area contributed by atoms with Gasteiger partial charge in [-0.1, -0.05) is 0 Å². The number of hydrogen-bond donors (Lipinski definition) is 1. The number of aliphatic hydroxyl groups is 1. The molecule has 138 valence electrons. The van der Waals surface area contributed by atoms with Gasteiger partial charge in [-0.3, -0.25) is 9.78 Å². The Bertz CT molecular complexity index is 606. The summed E-state index contributed by atoms with van der Waals surface area (Å²) in [5, 5.41) is 10.8. The topological polar surface area (TPSA) is 69.6 Å². The normalized spacial score (nSPS) is 26.6. The van der Waals surface area contributed by atoms with Gasteiger partial charge >= 0.3 is 0 Å². The van der Waals surface area contributed by atoms with Crippen LogP contribution < -0.4 is 4.90 Å². The van der Waals surface area contributed by atoms with Gasteiger partial charge in [-0.25, -0.2) is 13.8 Å². The number of carbonyl (C=O) groups excluding carboxylic acids is 1. The molecular formula is C17H24F2N4O2. The van der Waals surface area contributed by atoms with E-state index in [0.29, 0.717) is 25.3 Å². The molecule has 0 bridgehead atoms. The molecule has 25 heavy (non-hydrogen) atoms. The third-order valence-electron chi connectivity index (χ3n) is 5.18. The molecule has 0 spiro atoms. The van der Waals surface area contributed by atoms with E-state index in [9.17, 15) is 18.7 Å². The number of anilines is 1. The minimum atomic E-state index is -2.64. The Morgan fingerprint density at radius 1 is 1.36 bits per heavy atom. The highest BCUT2D eigenvalue weighted by atomic mass is 19.3. The summed E-state index contributed by atoms with van der Waals surface area (Å²) in [7, 11) is 1.64. The Balaban J connectivity index is 1.55. The zero-order chi connectivity index (χ0) is 18.1. The van der Waals surface area contributed by atoms with Crippen LogP contribution >= 0.6 is 0 Å². The first kappa shape index (κ1) is 18.0. The average Bonchev–Trinajstić information content (AvgIpc) is 2.97. The third kappa shape index (κ3) is 4.23. The van der Waals surface area contributed by atoms with Crippen molar-refractivity contribution in [3.05, 3.63) is 18.6 Å². The van der Waals surface area contributed by atoms with Gasteiger partial charge in [0, 0.05) is 51.3 Å². The molecule has 1 saturated carbocycles. The largest absolute Gasteiger partial charge is 0.386 e. The monoisotopic (exact) mass is 354 g/mol. The first-order valence-corrected chi connectivity index (χ1v) is 8.64. The number of amides is 1. The van der Waals surface area contributed by atoms with Gasteiger partial charge in [0.2, 0.25) is 11.8 Å². The molecule has 1 N–H and O–H groups in total. The molecule has 1 amide bonds. The van der Waals surface area contributed by atoms with E-state index in [0.717, 1.165) is 0 Å². The number of β-amino-alcohol motifs (C(OH)–C–C–N with tert-alkyl or cyclic N) is 1. The Labute approximate surface area is 145 Å². The summed E-state index contributed by atoms with van der Waals surface area (Å²) in [5.74, 6) is -2.47. The molecule has 1 atom stereocenters. The van der Waals surface area contributed by atoms with Crippen LogP contribution in [-0.2, 0) is 4.79 Å². The lowest BCUT2D eigenvalue weighted by Crippen LogP contribution is -2.48. The molecule has 1 aliphatic heterocycles. The molecule has 1 saturated heterocycles. The highest BCUT2D eigenvalue weighted by molar-refractivity contribution is 5.78. The van der Waals surface area contributed by atoms with Crippen molar-refractivity contribution in [1.82, 2.24) is 14.9 Å². The maximum atomic E-state index is 13.3. The van der Waals surface area contributed by atoms with Gasteiger partial charge in [-0.15, -0.1) is 0 Å². The van der Waals surface area contributed by atoms with Gasteiger partial charge in [0.25, 0.3) is 0 Å². The van der Waals surface area contributed by atoms with E-state index in [1.807, 2.05) is 4.90 Å². The minimum Gasteiger partial charge on any atom is -0.386 e. The van der Waals surface area contributed by atoms with E-state index in [4.69, 9.17) is 0 Å². The molecule has 0 radical (unpaired) electrons. The lowest BCUT2D eigenvalue weighted by molar-refractivity contribution is -0.141. The van der Waals surface area contributed by atoms with Crippen molar-refractivity contribution in [3.8, 4) is 0 Å². The van der Waals surface area contributed by atoms with Crippen molar-refractivity contribution in [2.45, 2.75) is 43.6 Å². The van der Waals surface area contributed by atoms with Crippen LogP contribution in [0.3, 0.4) is 0 Å². The Kier molecular flexibility index (Phi) is 4.90. The van der Waals surface area contributed by atoms with Crippen LogP contribution in [-0.4, -0.2) is 64.1 Å². The smallest absolute Gasteiger partial charge is 0.248 e. The fourth-order valence-corrected chi connectivity index (χ4v) is 3.75. The van der Waals surface area contributed by atoms with E-state index in [1.165, 1.54) is 4.90 Å². The zero-order valence-corrected chi connectivity index (χ0v) is 14.4. The summed E-state index contributed by atoms with van der Waals surface area (Å²) in [5.41, 5.74) is -1.03. The quantitative estimate of drug-likeness (QED) is 0.891. The summed E-state index contributed by atoms with van der Waals surface area (Å²) in [4.78, 5) is 24.2. The number of alkyl halides is 2. The van der Waals surface area contributed by atoms with Crippen molar-refractivity contribution in [1.29, 1.82) is 0 Å². The van der Waals surface area contributed by atoms with E-state index in [1.54, 1.807) is 25.6 Å². The van der Waals surface area contributed by atoms with Gasteiger partial charge in [-0.2, -0.15) is 0 Å². The number of hydrogen-bond acceptors (Lipinski definition) is 5. The highest BCUT2D eigenvalue weighted by Gasteiger charge is 2.41. The van der Waals surface area contributed by atoms with Crippen LogP contribution in [0.25, 0.3) is 0 Å². The highest BCUT2D eigenvalue weighted by Crippen LogP contribution is 2.37. The van der Waals surface area contributed by atoms with Crippen molar-refractivity contribution in [2.24, 2.45) is 5.92 Å². The predicted molar refractivity (Wildman–Crippen MR) is 88.4 cm³/mol. The Hall–Kier alpha value is -1.83. The second kappa shape index (κ2) is 6.82. The van der Waals surface area contributed by atoms with Crippen molar-refractivity contribution >= 4 is 11.7 Å². The van der Waals surface area contributed by atoms with Gasteiger partial charge in [0.05, 0.1) is 12.7 Å². The summed E-state index contributed by atoms with van der Waals surface area (Å²) < 4.78 is 26.5. The van der Waals surface area contributed by atoms with Crippen molar-refractivity contribution in [2.75, 3.05) is 31.6 Å². The van der Waals surface area contributed by atoms with Gasteiger partial charge in [0.15, 0.2) is 0 Å². The lowest BCUT2D eigenvalue weighted by atomic mass is 9.85. The van der Waals surface area contributed by atoms with Crippen LogP contribution in [0.2, 0.25) is 0 Å². The Morgan fingerprint density at radius 3 is 2.72 bits per heavy atom. The SMILES string of the molecule is CN(C[C@@]1(O)CCN(c2cnccn2)C1)C(=O)C1CCC(F)(F)CC1. The molecule has 2 heterocycles. The van der Waals surface area contributed by atoms with Crippen molar-refractivity contribution in [3.63, 3.8) is 0 Å². The lowest BCUT2D eigenvalue weighted by Gasteiger charge is -2.33. The number of halogens is 2. The predicted octanol–water partition coefficient (Wildman–Crippen LogP) is 1.70. The zero-order valence-electron chi connectivity index (χ0n) is 14.4. The van der Waals surface area contributed by atoms with Crippen LogP contribution in [0.1, 0.15) is 32.1 Å². The molecule has 6 nitrogen and oxygen atoms in total. The second-order valence-electron chi connectivity index (χ2n) is 7.28. The second-order valence-corrected chi connectivity index (χ2v) is 7.28. The average molecular weight is 354 g/mol. The summed E-state index contributed by atoms with van der Waals surface area (Å²) in [6.45, 7) is 1.19. The molecule has 2 aliphatic rings. The van der Waals surface area contributed by atoms with Crippen LogP contribution in [0.5, 0.6) is 0 Å². The van der Waals surface area contributed by atoms with Crippen LogP contribution in [0.4, 0.5) is 14.6 Å². The van der Waals surface area contributed by atoms with Crippen LogP contribution in [0.15, 0.2) is 18.6 Å². The summed E-state index contributed by atoms with van der Waals surface area (Å²) in [6.07, 6.45) is 5.30. The molecule has 0 aromatic carbocycles. The van der Waals surface area contributed by atoms with E-state index >= 15 is 0 Å². The third-order valence-corrected chi connectivity index (χ3v) is 5.18. The van der Waals surface area contributed by atoms with Crippen LogP contribution in [0, 0.1) is 5.92 Å². The van der Waals surface area contributed by atoms with E-state index < -0.39 is 11.5 Å². The first-order chi connectivity index (χ1) is 11.8. The summed E-state index contributed by atoms with van der Waals surface area (Å²) in [6, 6.07) is 0. The molecule has 0 unspecified atom stereocenters. The summed E-state index contributed by atoms with van der Waals surface area (Å²) >= 11 is 0. The van der Waals surface area contributed by atoms with E-state index in [2.05, 4.69) is 9.97 Å². The Morgan fingerprint density at radius 2 is 2.08 bits per heavy atom. The van der Waals surface area contributed by atoms with E-state index in [-0.39, 0.29) is 44.1 Å². The molecule has 1 aromatic heterocycles. The molecule has 1 aromatic rings. The standard InChI is InChI=1S/C17H24F2N4O2/c1-22(15(24)13-2-4-17(18,19)5-3-13)11-16(25)6-9-23(12-16)14-10-20-7-8-21-14/h7-8,10,13,25H,2-6,9,11-12H2,1H3/t16-/m0/s1. The fraction of sp³-hybridized carbons (Fsp3) is 0.706. The first-order valence-electron chi connectivity index (χ1n) is 8.64. The molecule has 1 aliphatic carbocycles. The maximum Gasteiger partial charge on any atom is 0.248 e. The molecule has 2 fully saturated rings. The van der Waals surface area contributed by atoms with Gasteiger partial charge in [-0.05, 0) is 19.3 Å². The fourth-order valence-electron chi connectivity index (χ4n) is 3.75. The molecule has 8 heteroatoms. The van der Waals surface area contributed by atoms with Gasteiger partial charge < -0.3 is 14.9 Å². The number of aromatic nitrogens is 2. The number of rotatable bonds is 4. The van der Waals surface area contributed by atoms with Crippen molar-refractivity contribution < 1.29 is 18.7 Å². The maximum absolute atomic E-state index is 13.3. The molecular weight excluding hydrogens is 330 g/mol.